The van der Waals surface area contributed by atoms with Gasteiger partial charge in [0.2, 0.25) is 0 Å². The number of aromatic nitrogens is 2. The van der Waals surface area contributed by atoms with Crippen molar-refractivity contribution in [3.8, 4) is 11.3 Å². The highest BCUT2D eigenvalue weighted by atomic mass is 35.5. The number of aryl methyl sites for hydroxylation is 1. The van der Waals surface area contributed by atoms with E-state index in [1.54, 1.807) is 11.3 Å². The van der Waals surface area contributed by atoms with E-state index >= 15 is 0 Å². The second-order valence-electron chi connectivity index (χ2n) is 4.52. The maximum absolute atomic E-state index is 6.37. The van der Waals surface area contributed by atoms with Crippen LogP contribution in [0.15, 0.2) is 17.6 Å². The molecule has 0 saturated carbocycles. The van der Waals surface area contributed by atoms with Crippen LogP contribution in [-0.4, -0.2) is 36.1 Å². The van der Waals surface area contributed by atoms with Crippen LogP contribution < -0.4 is 10.2 Å². The van der Waals surface area contributed by atoms with Crippen molar-refractivity contribution in [2.75, 3.05) is 31.1 Å². The van der Waals surface area contributed by atoms with E-state index in [0.29, 0.717) is 5.02 Å². The number of piperazine rings is 1. The summed E-state index contributed by atoms with van der Waals surface area (Å²) in [4.78, 5) is 11.2. The molecule has 1 aliphatic rings. The maximum atomic E-state index is 6.37. The molecule has 0 aromatic carbocycles. The first kappa shape index (κ1) is 12.8. The van der Waals surface area contributed by atoms with Crippen molar-refractivity contribution in [1.82, 2.24) is 15.3 Å². The number of hydrogen-bond acceptors (Lipinski definition) is 5. The molecule has 3 heterocycles. The van der Waals surface area contributed by atoms with Crippen molar-refractivity contribution in [3.05, 3.63) is 27.7 Å². The minimum atomic E-state index is 0.699. The van der Waals surface area contributed by atoms with Gasteiger partial charge in [-0.05, 0) is 13.0 Å². The molecule has 0 aliphatic carbocycles. The van der Waals surface area contributed by atoms with Crippen LogP contribution in [0.4, 0.5) is 5.82 Å². The summed E-state index contributed by atoms with van der Waals surface area (Å²) in [5.41, 5.74) is 1.93. The molecule has 0 amide bonds. The molecule has 1 aliphatic heterocycles. The summed E-state index contributed by atoms with van der Waals surface area (Å²) in [7, 11) is 0. The lowest BCUT2D eigenvalue weighted by Crippen LogP contribution is -2.44. The fourth-order valence-corrected chi connectivity index (χ4v) is 3.08. The van der Waals surface area contributed by atoms with E-state index in [-0.39, 0.29) is 0 Å². The average Bonchev–Trinajstić information content (AvgIpc) is 2.86. The highest BCUT2D eigenvalue weighted by Gasteiger charge is 2.15. The van der Waals surface area contributed by atoms with Gasteiger partial charge in [0.25, 0.3) is 0 Å². The van der Waals surface area contributed by atoms with Crippen molar-refractivity contribution in [1.29, 1.82) is 0 Å². The lowest BCUT2D eigenvalue weighted by Gasteiger charge is -2.29. The molecular weight excluding hydrogens is 280 g/mol. The Morgan fingerprint density at radius 1 is 1.37 bits per heavy atom. The van der Waals surface area contributed by atoms with Gasteiger partial charge in [0.1, 0.15) is 5.82 Å². The Morgan fingerprint density at radius 3 is 2.79 bits per heavy atom. The van der Waals surface area contributed by atoms with Crippen LogP contribution in [0.5, 0.6) is 0 Å². The van der Waals surface area contributed by atoms with Gasteiger partial charge < -0.3 is 10.2 Å². The summed E-state index contributed by atoms with van der Waals surface area (Å²) in [5.74, 6) is 0.874. The van der Waals surface area contributed by atoms with E-state index < -0.39 is 0 Å². The molecule has 1 fully saturated rings. The fraction of sp³-hybridized carbons (Fsp3) is 0.385. The first-order chi connectivity index (χ1) is 9.24. The first-order valence-corrected chi connectivity index (χ1v) is 7.53. The van der Waals surface area contributed by atoms with Crippen LogP contribution in [0.2, 0.25) is 5.02 Å². The molecule has 1 saturated heterocycles. The molecule has 0 radical (unpaired) electrons. The van der Waals surface area contributed by atoms with Crippen LogP contribution in [0.3, 0.4) is 0 Å². The summed E-state index contributed by atoms with van der Waals surface area (Å²) in [5, 5.41) is 7.11. The molecular formula is C13H15ClN4S. The quantitative estimate of drug-likeness (QED) is 0.924. The molecule has 4 nitrogen and oxygen atoms in total. The molecule has 0 spiro atoms. The van der Waals surface area contributed by atoms with Gasteiger partial charge in [-0.2, -0.15) is 0 Å². The highest BCUT2D eigenvalue weighted by Crippen LogP contribution is 2.29. The minimum absolute atomic E-state index is 0.699. The Hall–Kier alpha value is -1.17. The molecule has 19 heavy (non-hydrogen) atoms. The summed E-state index contributed by atoms with van der Waals surface area (Å²) >= 11 is 8.01. The maximum Gasteiger partial charge on any atom is 0.147 e. The second-order valence-corrected chi connectivity index (χ2v) is 5.99. The summed E-state index contributed by atoms with van der Waals surface area (Å²) < 4.78 is 0. The van der Waals surface area contributed by atoms with Gasteiger partial charge in [0.05, 0.1) is 15.7 Å². The van der Waals surface area contributed by atoms with Crippen molar-refractivity contribution in [3.63, 3.8) is 0 Å². The molecule has 0 bridgehead atoms. The molecule has 1 N–H and O–H groups in total. The molecule has 100 valence electrons. The highest BCUT2D eigenvalue weighted by molar-refractivity contribution is 7.09. The van der Waals surface area contributed by atoms with Gasteiger partial charge in [-0.3, -0.25) is 0 Å². The van der Waals surface area contributed by atoms with E-state index in [4.69, 9.17) is 11.6 Å². The smallest absolute Gasteiger partial charge is 0.147 e. The molecule has 0 atom stereocenters. The molecule has 2 aromatic heterocycles. The second kappa shape index (κ2) is 5.45. The van der Waals surface area contributed by atoms with Gasteiger partial charge in [-0.25, -0.2) is 9.97 Å². The SMILES string of the molecule is Cc1nc(-c2cnc(N3CCNCC3)c(Cl)c2)cs1. The van der Waals surface area contributed by atoms with Crippen LogP contribution in [0, 0.1) is 6.92 Å². The molecule has 2 aromatic rings. The van der Waals surface area contributed by atoms with Crippen LogP contribution in [0.1, 0.15) is 5.01 Å². The minimum Gasteiger partial charge on any atom is -0.353 e. The van der Waals surface area contributed by atoms with Crippen molar-refractivity contribution >= 4 is 28.8 Å². The Morgan fingerprint density at radius 2 is 2.16 bits per heavy atom. The van der Waals surface area contributed by atoms with Gasteiger partial charge in [-0.1, -0.05) is 11.6 Å². The topological polar surface area (TPSA) is 41.1 Å². The van der Waals surface area contributed by atoms with Crippen molar-refractivity contribution in [2.45, 2.75) is 6.92 Å². The van der Waals surface area contributed by atoms with Crippen molar-refractivity contribution in [2.24, 2.45) is 0 Å². The van der Waals surface area contributed by atoms with E-state index in [1.807, 2.05) is 24.6 Å². The number of hydrogen-bond donors (Lipinski definition) is 1. The lowest BCUT2D eigenvalue weighted by molar-refractivity contribution is 0.585. The number of rotatable bonds is 2. The molecule has 0 unspecified atom stereocenters. The molecule has 3 rings (SSSR count). The summed E-state index contributed by atoms with van der Waals surface area (Å²) in [6.45, 7) is 5.85. The average molecular weight is 295 g/mol. The Labute approximate surface area is 121 Å². The third kappa shape index (κ3) is 2.73. The van der Waals surface area contributed by atoms with Crippen LogP contribution in [-0.2, 0) is 0 Å². The standard InChI is InChI=1S/C13H15ClN4S/c1-9-17-12(8-19-9)10-6-11(14)13(16-7-10)18-4-2-15-3-5-18/h6-8,15H,2-5H2,1H3. The van der Waals surface area contributed by atoms with E-state index in [1.165, 1.54) is 0 Å². The predicted molar refractivity (Wildman–Crippen MR) is 80.2 cm³/mol. The first-order valence-electron chi connectivity index (χ1n) is 6.28. The zero-order chi connectivity index (χ0) is 13.2. The van der Waals surface area contributed by atoms with E-state index in [2.05, 4.69) is 20.2 Å². The monoisotopic (exact) mass is 294 g/mol. The van der Waals surface area contributed by atoms with Crippen molar-refractivity contribution < 1.29 is 0 Å². The predicted octanol–water partition coefficient (Wildman–Crippen LogP) is 2.58. The van der Waals surface area contributed by atoms with E-state index in [0.717, 1.165) is 48.3 Å². The summed E-state index contributed by atoms with van der Waals surface area (Å²) in [6.07, 6.45) is 1.86. The van der Waals surface area contributed by atoms with E-state index in [9.17, 15) is 0 Å². The number of halogens is 1. The van der Waals surface area contributed by atoms with Crippen LogP contribution >= 0.6 is 22.9 Å². The third-order valence-corrected chi connectivity index (χ3v) is 4.20. The number of anilines is 1. The number of nitrogens with one attached hydrogen (secondary N) is 1. The Kier molecular flexibility index (Phi) is 3.68. The van der Waals surface area contributed by atoms with Gasteiger partial charge in [-0.15, -0.1) is 11.3 Å². The van der Waals surface area contributed by atoms with Gasteiger partial charge >= 0.3 is 0 Å². The number of thiazole rings is 1. The van der Waals surface area contributed by atoms with Gasteiger partial charge in [0, 0.05) is 43.3 Å². The zero-order valence-corrected chi connectivity index (χ0v) is 12.3. The molecule has 6 heteroatoms. The van der Waals surface area contributed by atoms with Gasteiger partial charge in [0.15, 0.2) is 0 Å². The zero-order valence-electron chi connectivity index (χ0n) is 10.7. The Bertz CT molecular complexity index is 578. The third-order valence-electron chi connectivity index (χ3n) is 3.15. The number of pyridine rings is 1. The normalized spacial score (nSPS) is 15.8. The fourth-order valence-electron chi connectivity index (χ4n) is 2.18. The largest absolute Gasteiger partial charge is 0.353 e. The Balaban J connectivity index is 1.89. The summed E-state index contributed by atoms with van der Waals surface area (Å²) in [6, 6.07) is 1.96. The lowest BCUT2D eigenvalue weighted by atomic mass is 10.2. The number of nitrogens with zero attached hydrogens (tertiary/aromatic N) is 3. The van der Waals surface area contributed by atoms with Crippen LogP contribution in [0.25, 0.3) is 11.3 Å².